The molecule has 0 aromatic carbocycles. The monoisotopic (exact) mass is 1050 g/mol. The summed E-state index contributed by atoms with van der Waals surface area (Å²) in [6.45, 7) is 1.71. The minimum atomic E-state index is -3.99. The molecule has 1 unspecified atom stereocenters. The second-order valence-electron chi connectivity index (χ2n) is 17.3. The van der Waals surface area contributed by atoms with Crippen LogP contribution in [-0.2, 0) is 58.8 Å². The Labute approximate surface area is 415 Å². The Morgan fingerprint density at radius 2 is 1.33 bits per heavy atom. The molecular weight excluding hydrogens is 977 g/mol. The van der Waals surface area contributed by atoms with Gasteiger partial charge in [-0.1, -0.05) is 0 Å². The Balaban J connectivity index is 1.19. The average Bonchev–Trinajstić information content (AvgIpc) is 3.76. The van der Waals surface area contributed by atoms with Crippen LogP contribution in [0.5, 0.6) is 0 Å². The highest BCUT2D eigenvalue weighted by atomic mass is 31.2. The van der Waals surface area contributed by atoms with Gasteiger partial charge in [0, 0.05) is 66.1 Å². The number of aliphatic hydroxyl groups excluding tert-OH is 6. The molecule has 5 amide bonds. The third kappa shape index (κ3) is 19.4. The molecule has 0 aliphatic carbocycles. The number of ether oxygens (including phenoxy) is 5. The summed E-state index contributed by atoms with van der Waals surface area (Å²) >= 11 is 0. The van der Waals surface area contributed by atoms with Crippen LogP contribution in [0.4, 0.5) is 5.82 Å². The SMILES string of the molecule is CC(=O)N[C@H]1[C@H](OCCCCC(=O)NCCCC[C@H](NC(=O)CCCCO[C@@H]2O[C@H](CO)[C@H](O)[C@H](O)[C@H]2NC(C)=O)C(=O)NCCNP(=O)(O)COCCn2cnc3c(N)ncnc32)O[C@H](CO)[C@H](O)[C@@H]1O. The van der Waals surface area contributed by atoms with E-state index in [0.29, 0.717) is 43.3 Å². The van der Waals surface area contributed by atoms with Crippen molar-refractivity contribution in [3.05, 3.63) is 12.7 Å². The number of rotatable bonds is 32. The Bertz CT molecular complexity index is 2080. The van der Waals surface area contributed by atoms with Crippen molar-refractivity contribution in [1.29, 1.82) is 0 Å². The van der Waals surface area contributed by atoms with Crippen LogP contribution < -0.4 is 37.4 Å². The number of anilines is 1. The quantitative estimate of drug-likeness (QED) is 0.0242. The van der Waals surface area contributed by atoms with E-state index in [2.05, 4.69) is 46.6 Å². The number of aliphatic hydroxyl groups is 6. The smallest absolute Gasteiger partial charge is 0.292 e. The number of fused-ring (bicyclic) bond motifs is 1. The number of carbonyl (C=O) groups is 5. The maximum atomic E-state index is 13.4. The number of hydrogen-bond acceptors (Lipinski definition) is 21. The summed E-state index contributed by atoms with van der Waals surface area (Å²) in [6, 6.07) is -3.22. The number of nitrogens with zero attached hydrogens (tertiary/aromatic N) is 4. The van der Waals surface area contributed by atoms with Crippen LogP contribution in [0.15, 0.2) is 12.7 Å². The van der Waals surface area contributed by atoms with E-state index in [0.717, 1.165) is 0 Å². The number of nitrogen functional groups attached to an aromatic ring is 1. The largest absolute Gasteiger partial charge is 0.394 e. The summed E-state index contributed by atoms with van der Waals surface area (Å²) in [5.74, 6) is -2.06. The second kappa shape index (κ2) is 30.6. The molecule has 2 aliphatic rings. The molecular formula is C42H72N11O18P. The topological polar surface area (TPSA) is 432 Å². The van der Waals surface area contributed by atoms with Gasteiger partial charge in [0.15, 0.2) is 24.0 Å². The molecule has 0 radical (unpaired) electrons. The van der Waals surface area contributed by atoms with Crippen LogP contribution in [0, 0.1) is 0 Å². The van der Waals surface area contributed by atoms with Gasteiger partial charge < -0.3 is 96.1 Å². The Hall–Kier alpha value is -4.59. The van der Waals surface area contributed by atoms with Gasteiger partial charge in [-0.3, -0.25) is 28.5 Å². The van der Waals surface area contributed by atoms with Gasteiger partial charge in [-0.25, -0.2) is 20.0 Å². The third-order valence-electron chi connectivity index (χ3n) is 11.5. The molecule has 2 aromatic rings. The summed E-state index contributed by atoms with van der Waals surface area (Å²) in [4.78, 5) is 85.0. The van der Waals surface area contributed by atoms with Crippen LogP contribution in [0.25, 0.3) is 11.2 Å². The lowest BCUT2D eigenvalue weighted by molar-refractivity contribution is -0.270. The van der Waals surface area contributed by atoms with Crippen LogP contribution in [0.2, 0.25) is 0 Å². The molecule has 12 atom stereocenters. The third-order valence-corrected chi connectivity index (χ3v) is 12.8. The number of carbonyl (C=O) groups excluding carboxylic acids is 5. The number of amides is 5. The first-order chi connectivity index (χ1) is 34.3. The number of imidazole rings is 1. The fourth-order valence-corrected chi connectivity index (χ4v) is 8.65. The summed E-state index contributed by atoms with van der Waals surface area (Å²) in [5.41, 5.74) is 6.71. The van der Waals surface area contributed by atoms with Gasteiger partial charge >= 0.3 is 0 Å². The van der Waals surface area contributed by atoms with E-state index in [1.165, 1.54) is 26.5 Å². The summed E-state index contributed by atoms with van der Waals surface area (Å²) in [6.07, 6.45) is -5.70. The number of aromatic nitrogens is 4. The van der Waals surface area contributed by atoms with Gasteiger partial charge in [-0.2, -0.15) is 0 Å². The second-order valence-corrected chi connectivity index (χ2v) is 19.3. The molecule has 2 aromatic heterocycles. The van der Waals surface area contributed by atoms with Crippen molar-refractivity contribution in [2.24, 2.45) is 0 Å². The van der Waals surface area contributed by atoms with Crippen molar-refractivity contribution in [3.8, 4) is 0 Å². The maximum Gasteiger partial charge on any atom is 0.292 e. The molecule has 4 rings (SSSR count). The molecule has 408 valence electrons. The Morgan fingerprint density at radius 3 is 1.90 bits per heavy atom. The number of nitrogens with one attached hydrogen (secondary N) is 6. The van der Waals surface area contributed by atoms with E-state index in [1.54, 1.807) is 4.57 Å². The van der Waals surface area contributed by atoms with E-state index in [-0.39, 0.29) is 83.4 Å². The van der Waals surface area contributed by atoms with Crippen molar-refractivity contribution in [3.63, 3.8) is 0 Å². The molecule has 0 spiro atoms. The fourth-order valence-electron chi connectivity index (χ4n) is 7.72. The zero-order chi connectivity index (χ0) is 52.8. The van der Waals surface area contributed by atoms with Gasteiger partial charge in [-0.05, 0) is 44.9 Å². The normalized spacial score (nSPS) is 25.5. The molecule has 72 heavy (non-hydrogen) atoms. The molecule has 0 saturated carbocycles. The lowest BCUT2D eigenvalue weighted by Crippen LogP contribution is -2.64. The fraction of sp³-hybridized carbons (Fsp3) is 0.762. The maximum absolute atomic E-state index is 13.4. The summed E-state index contributed by atoms with van der Waals surface area (Å²) in [7, 11) is -3.99. The van der Waals surface area contributed by atoms with Crippen molar-refractivity contribution in [2.45, 2.75) is 146 Å². The standard InChI is InChI=1S/C42H72N11O18P/c1-24(56)50-31-36(62)34(60)27(19-54)70-41(31)68-16-7-4-10-29(58)44-12-6-3-9-26(52-30(59)11-5-8-17-69-42-32(51-25(2)57)37(63)35(61)28(20-55)71-42)40(64)45-13-14-49-72(65,66)23-67-18-15-53-22-48-33-38(43)46-21-47-39(33)53/h21-22,26-28,31-32,34-37,41-42,54-55,60-63H,3-20,23H2,1-2H3,(H,44,58)(H,45,64)(H,50,56)(H,51,57)(H,52,59)(H2,43,46,47)(H2,49,65,66)/t26-,27+,28+,31+,32+,34-,35-,36+,37+,41+,42+/m0/s1. The summed E-state index contributed by atoms with van der Waals surface area (Å²) < 4.78 is 42.3. The minimum Gasteiger partial charge on any atom is -0.394 e. The summed E-state index contributed by atoms with van der Waals surface area (Å²) in [5, 5.41) is 76.0. The Kier molecular flexibility index (Phi) is 25.5. The molecule has 4 heterocycles. The van der Waals surface area contributed by atoms with Gasteiger partial charge in [0.1, 0.15) is 72.9 Å². The van der Waals surface area contributed by atoms with Crippen LogP contribution in [-0.4, -0.2) is 211 Å². The highest BCUT2D eigenvalue weighted by Gasteiger charge is 2.46. The zero-order valence-electron chi connectivity index (χ0n) is 40.4. The molecule has 2 fully saturated rings. The molecule has 30 heteroatoms. The zero-order valence-corrected chi connectivity index (χ0v) is 41.3. The lowest BCUT2D eigenvalue weighted by atomic mass is 9.97. The first kappa shape index (κ1) is 60.0. The van der Waals surface area contributed by atoms with Gasteiger partial charge in [-0.15, -0.1) is 0 Å². The van der Waals surface area contributed by atoms with Crippen LogP contribution in [0.1, 0.15) is 71.6 Å². The predicted molar refractivity (Wildman–Crippen MR) is 251 cm³/mol. The Morgan fingerprint density at radius 1 is 0.750 bits per heavy atom. The van der Waals surface area contributed by atoms with Crippen molar-refractivity contribution >= 4 is 54.0 Å². The highest BCUT2D eigenvalue weighted by molar-refractivity contribution is 7.55. The number of unbranched alkanes of at least 4 members (excludes halogenated alkanes) is 3. The van der Waals surface area contributed by atoms with Gasteiger partial charge in [0.2, 0.25) is 29.5 Å². The van der Waals surface area contributed by atoms with Crippen molar-refractivity contribution < 1.29 is 87.8 Å². The van der Waals surface area contributed by atoms with E-state index in [4.69, 9.17) is 29.4 Å². The molecule has 0 bridgehead atoms. The predicted octanol–water partition coefficient (Wildman–Crippen LogP) is -4.69. The van der Waals surface area contributed by atoms with E-state index in [9.17, 15) is 64.1 Å². The minimum absolute atomic E-state index is 0.0102. The van der Waals surface area contributed by atoms with E-state index >= 15 is 0 Å². The van der Waals surface area contributed by atoms with Crippen LogP contribution >= 0.6 is 7.52 Å². The van der Waals surface area contributed by atoms with Crippen LogP contribution in [0.3, 0.4) is 0 Å². The van der Waals surface area contributed by atoms with Crippen molar-refractivity contribution in [1.82, 2.24) is 51.2 Å². The first-order valence-corrected chi connectivity index (χ1v) is 25.6. The molecule has 2 saturated heterocycles. The number of hydrogen-bond donors (Lipinski definition) is 14. The molecule has 15 N–H and O–H groups in total. The molecule has 2 aliphatic heterocycles. The molecule has 29 nitrogen and oxygen atoms in total. The first-order valence-electron chi connectivity index (χ1n) is 23.8. The van der Waals surface area contributed by atoms with Gasteiger partial charge in [0.25, 0.3) is 7.52 Å². The van der Waals surface area contributed by atoms with E-state index < -0.39 is 118 Å². The van der Waals surface area contributed by atoms with Gasteiger partial charge in [0.05, 0.1) is 26.1 Å². The van der Waals surface area contributed by atoms with E-state index in [1.807, 2.05) is 0 Å². The van der Waals surface area contributed by atoms with Crippen molar-refractivity contribution in [2.75, 3.05) is 64.8 Å². The lowest BCUT2D eigenvalue weighted by Gasteiger charge is -2.42. The number of nitrogens with two attached hydrogens (primary N) is 1. The average molecular weight is 1050 g/mol. The highest BCUT2D eigenvalue weighted by Crippen LogP contribution is 2.34.